The zero-order valence-corrected chi connectivity index (χ0v) is 10.1. The summed E-state index contributed by atoms with van der Waals surface area (Å²) in [4.78, 5) is 36.1. The topological polar surface area (TPSA) is 99.4 Å². The molecule has 0 aliphatic heterocycles. The van der Waals surface area contributed by atoms with Crippen LogP contribution in [0.15, 0.2) is 12.3 Å². The largest absolute Gasteiger partial charge is 0.460 e. The highest BCUT2D eigenvalue weighted by molar-refractivity contribution is 6.34. The number of hydrogen-bond donors (Lipinski definition) is 0. The number of nitrogens with zero attached hydrogens (tertiary/aromatic N) is 2. The predicted molar refractivity (Wildman–Crippen MR) is 61.2 cm³/mol. The number of Topliss-reactive ketones (excluding diaryl/α,β-unsaturated/α-hetero) is 1. The number of pyridine rings is 1. The summed E-state index contributed by atoms with van der Waals surface area (Å²) in [6.07, 6.45) is 0.494. The summed E-state index contributed by atoms with van der Waals surface area (Å²) >= 11 is 5.58. The average Bonchev–Trinajstić information content (AvgIpc) is 2.28. The van der Waals surface area contributed by atoms with Gasteiger partial charge in [-0.1, -0.05) is 11.6 Å². The number of ether oxygens (including phenoxy) is 1. The number of nitro groups is 1. The van der Waals surface area contributed by atoms with Crippen LogP contribution in [0.4, 0.5) is 5.69 Å². The van der Waals surface area contributed by atoms with Crippen molar-refractivity contribution in [2.75, 3.05) is 6.61 Å². The van der Waals surface area contributed by atoms with E-state index in [9.17, 15) is 19.7 Å². The molecule has 8 heteroatoms. The summed E-state index contributed by atoms with van der Waals surface area (Å²) in [5.74, 6) is -1.90. The first-order chi connectivity index (χ1) is 8.45. The first-order valence-corrected chi connectivity index (χ1v) is 5.32. The molecule has 1 heterocycles. The molecule has 1 rings (SSSR count). The first kappa shape index (κ1) is 14.0. The Morgan fingerprint density at radius 2 is 2.22 bits per heavy atom. The van der Waals surface area contributed by atoms with Gasteiger partial charge in [-0.3, -0.25) is 14.9 Å². The Kier molecular flexibility index (Phi) is 4.73. The van der Waals surface area contributed by atoms with Gasteiger partial charge in [-0.2, -0.15) is 0 Å². The lowest BCUT2D eigenvalue weighted by Gasteiger charge is -2.02. The van der Waals surface area contributed by atoms with E-state index in [1.807, 2.05) is 0 Å². The van der Waals surface area contributed by atoms with Gasteiger partial charge < -0.3 is 4.74 Å². The Bertz CT molecular complexity index is 503. The summed E-state index contributed by atoms with van der Waals surface area (Å²) in [6.45, 7) is 1.61. The van der Waals surface area contributed by atoms with Gasteiger partial charge in [0, 0.05) is 12.0 Å². The Balaban J connectivity index is 2.96. The molecule has 1 aromatic heterocycles. The van der Waals surface area contributed by atoms with Crippen molar-refractivity contribution < 1.29 is 19.2 Å². The molecule has 7 nitrogen and oxygen atoms in total. The van der Waals surface area contributed by atoms with Gasteiger partial charge in [-0.15, -0.1) is 0 Å². The van der Waals surface area contributed by atoms with Crippen LogP contribution in [0, 0.1) is 10.1 Å². The molecule has 0 radical (unpaired) electrons. The van der Waals surface area contributed by atoms with E-state index in [1.54, 1.807) is 6.92 Å². The molecule has 0 N–H and O–H groups in total. The second-order valence-electron chi connectivity index (χ2n) is 3.21. The van der Waals surface area contributed by atoms with Crippen LogP contribution in [0.2, 0.25) is 5.15 Å². The monoisotopic (exact) mass is 272 g/mol. The summed E-state index contributed by atoms with van der Waals surface area (Å²) in [6, 6.07) is 1.18. The standard InChI is InChI=1S/C10H9ClN2O5/c1-2-18-10(15)8(14)3-6-4-9(11)12-5-7(6)13(16)17/h4-5H,2-3H2,1H3. The third-order valence-corrected chi connectivity index (χ3v) is 2.19. The summed E-state index contributed by atoms with van der Waals surface area (Å²) < 4.78 is 4.50. The first-order valence-electron chi connectivity index (χ1n) is 4.94. The van der Waals surface area contributed by atoms with E-state index in [0.29, 0.717) is 0 Å². The van der Waals surface area contributed by atoms with Gasteiger partial charge in [0.1, 0.15) is 11.3 Å². The number of halogens is 1. The number of hydrogen-bond acceptors (Lipinski definition) is 6. The highest BCUT2D eigenvalue weighted by Crippen LogP contribution is 2.21. The molecule has 1 aromatic rings. The van der Waals surface area contributed by atoms with Gasteiger partial charge in [0.05, 0.1) is 11.5 Å². The quantitative estimate of drug-likeness (QED) is 0.263. The van der Waals surface area contributed by atoms with Crippen molar-refractivity contribution in [3.8, 4) is 0 Å². The van der Waals surface area contributed by atoms with E-state index < -0.39 is 23.1 Å². The molecule has 0 spiro atoms. The number of aromatic nitrogens is 1. The molecule has 0 amide bonds. The fraction of sp³-hybridized carbons (Fsp3) is 0.300. The van der Waals surface area contributed by atoms with Crippen LogP contribution in [0.25, 0.3) is 0 Å². The van der Waals surface area contributed by atoms with Crippen molar-refractivity contribution in [3.05, 3.63) is 33.1 Å². The lowest BCUT2D eigenvalue weighted by atomic mass is 10.1. The van der Waals surface area contributed by atoms with Crippen molar-refractivity contribution in [1.29, 1.82) is 0 Å². The molecule has 96 valence electrons. The van der Waals surface area contributed by atoms with Gasteiger partial charge >= 0.3 is 5.97 Å². The smallest absolute Gasteiger partial charge is 0.374 e. The molecule has 0 aliphatic rings. The van der Waals surface area contributed by atoms with E-state index in [2.05, 4.69) is 9.72 Å². The highest BCUT2D eigenvalue weighted by atomic mass is 35.5. The molecular formula is C10H9ClN2O5. The molecule has 0 aliphatic carbocycles. The minimum Gasteiger partial charge on any atom is -0.460 e. The Morgan fingerprint density at radius 3 is 2.78 bits per heavy atom. The van der Waals surface area contributed by atoms with Crippen molar-refractivity contribution in [3.63, 3.8) is 0 Å². The number of carbonyl (C=O) groups is 2. The van der Waals surface area contributed by atoms with Crippen LogP contribution >= 0.6 is 11.6 Å². The zero-order chi connectivity index (χ0) is 13.7. The van der Waals surface area contributed by atoms with Crippen molar-refractivity contribution in [2.45, 2.75) is 13.3 Å². The number of esters is 1. The van der Waals surface area contributed by atoms with E-state index in [1.165, 1.54) is 6.07 Å². The third kappa shape index (κ3) is 3.49. The third-order valence-electron chi connectivity index (χ3n) is 1.98. The van der Waals surface area contributed by atoms with E-state index >= 15 is 0 Å². The number of rotatable bonds is 5. The van der Waals surface area contributed by atoms with Crippen LogP contribution in [0.5, 0.6) is 0 Å². The summed E-state index contributed by atoms with van der Waals surface area (Å²) in [5.41, 5.74) is -0.338. The minimum atomic E-state index is -1.03. The maximum Gasteiger partial charge on any atom is 0.374 e. The van der Waals surface area contributed by atoms with Crippen molar-refractivity contribution in [1.82, 2.24) is 4.98 Å². The Labute approximate surface area is 107 Å². The van der Waals surface area contributed by atoms with Gasteiger partial charge in [-0.25, -0.2) is 9.78 Å². The fourth-order valence-electron chi connectivity index (χ4n) is 1.22. The molecule has 0 fully saturated rings. The molecule has 0 unspecified atom stereocenters. The molecule has 0 saturated carbocycles. The average molecular weight is 273 g/mol. The molecule has 0 atom stereocenters. The molecule has 0 aromatic carbocycles. The van der Waals surface area contributed by atoms with Crippen LogP contribution in [0.1, 0.15) is 12.5 Å². The highest BCUT2D eigenvalue weighted by Gasteiger charge is 2.22. The van der Waals surface area contributed by atoms with E-state index in [0.717, 1.165) is 6.20 Å². The normalized spacial score (nSPS) is 9.89. The van der Waals surface area contributed by atoms with Crippen LogP contribution in [-0.4, -0.2) is 28.3 Å². The Hall–Kier alpha value is -2.02. The lowest BCUT2D eigenvalue weighted by molar-refractivity contribution is -0.385. The van der Waals surface area contributed by atoms with Crippen LogP contribution < -0.4 is 0 Å². The number of ketones is 1. The SMILES string of the molecule is CCOC(=O)C(=O)Cc1cc(Cl)ncc1[N+](=O)[O-]. The zero-order valence-electron chi connectivity index (χ0n) is 9.38. The molecule has 0 saturated heterocycles. The van der Waals surface area contributed by atoms with Crippen molar-refractivity contribution in [2.24, 2.45) is 0 Å². The second-order valence-corrected chi connectivity index (χ2v) is 3.60. The predicted octanol–water partition coefficient (Wildman–Crippen LogP) is 1.32. The second kappa shape index (κ2) is 6.06. The van der Waals surface area contributed by atoms with Gasteiger partial charge in [0.15, 0.2) is 0 Å². The maximum absolute atomic E-state index is 11.4. The fourth-order valence-corrected chi connectivity index (χ4v) is 1.40. The molecule has 18 heavy (non-hydrogen) atoms. The number of carbonyl (C=O) groups excluding carboxylic acids is 2. The van der Waals surface area contributed by atoms with Crippen LogP contribution in [0.3, 0.4) is 0 Å². The van der Waals surface area contributed by atoms with E-state index in [4.69, 9.17) is 11.6 Å². The summed E-state index contributed by atoms with van der Waals surface area (Å²) in [7, 11) is 0. The minimum absolute atomic E-state index is 0.00672. The van der Waals surface area contributed by atoms with E-state index in [-0.39, 0.29) is 23.0 Å². The summed E-state index contributed by atoms with van der Waals surface area (Å²) in [5, 5.41) is 10.7. The molecule has 0 bridgehead atoms. The Morgan fingerprint density at radius 1 is 1.56 bits per heavy atom. The van der Waals surface area contributed by atoms with Gasteiger partial charge in [-0.05, 0) is 13.0 Å². The molecular weight excluding hydrogens is 264 g/mol. The maximum atomic E-state index is 11.4. The van der Waals surface area contributed by atoms with Crippen molar-refractivity contribution >= 4 is 29.0 Å². The van der Waals surface area contributed by atoms with Gasteiger partial charge in [0.25, 0.3) is 5.69 Å². The van der Waals surface area contributed by atoms with Gasteiger partial charge in [0.2, 0.25) is 5.78 Å². The van der Waals surface area contributed by atoms with Crippen LogP contribution in [-0.2, 0) is 20.7 Å². The lowest BCUT2D eigenvalue weighted by Crippen LogP contribution is -2.20.